The van der Waals surface area contributed by atoms with Crippen molar-refractivity contribution in [3.63, 3.8) is 0 Å². The number of rotatable bonds is 10. The third kappa shape index (κ3) is 7.31. The first-order chi connectivity index (χ1) is 13.1. The normalized spacial score (nSPS) is 10.3. The lowest BCUT2D eigenvalue weighted by Gasteiger charge is -2.06. The summed E-state index contributed by atoms with van der Waals surface area (Å²) in [5.41, 5.74) is 1.34. The molecule has 0 radical (unpaired) electrons. The molecule has 0 bridgehead atoms. The molecule has 0 unspecified atom stereocenters. The van der Waals surface area contributed by atoms with Crippen LogP contribution in [-0.2, 0) is 25.6 Å². The van der Waals surface area contributed by atoms with Crippen molar-refractivity contribution in [3.8, 4) is 0 Å². The van der Waals surface area contributed by atoms with Crippen LogP contribution in [0.5, 0.6) is 0 Å². The summed E-state index contributed by atoms with van der Waals surface area (Å²) < 4.78 is 11.4. The van der Waals surface area contributed by atoms with Crippen LogP contribution >= 0.6 is 0 Å². The van der Waals surface area contributed by atoms with Gasteiger partial charge in [-0.15, -0.1) is 0 Å². The summed E-state index contributed by atoms with van der Waals surface area (Å²) in [6.45, 7) is 2.53. The number of carbonyl (C=O) groups is 3. The van der Waals surface area contributed by atoms with E-state index in [0.717, 1.165) is 5.56 Å². The largest absolute Gasteiger partial charge is 0.466 e. The second-order valence-electron chi connectivity index (χ2n) is 5.75. The van der Waals surface area contributed by atoms with Gasteiger partial charge in [-0.05, 0) is 18.9 Å². The Morgan fingerprint density at radius 3 is 2.67 bits per heavy atom. The highest BCUT2D eigenvalue weighted by molar-refractivity contribution is 5.90. The van der Waals surface area contributed by atoms with Crippen molar-refractivity contribution in [1.82, 2.24) is 15.1 Å². The second kappa shape index (κ2) is 10.7. The first-order valence-electron chi connectivity index (χ1n) is 8.74. The maximum atomic E-state index is 12.0. The number of ether oxygens (including phenoxy) is 2. The third-order valence-corrected chi connectivity index (χ3v) is 3.58. The van der Waals surface area contributed by atoms with Crippen LogP contribution in [-0.4, -0.2) is 47.4 Å². The summed E-state index contributed by atoms with van der Waals surface area (Å²) in [5, 5.41) is 6.70. The number of carbonyl (C=O) groups excluding carboxylic acids is 3. The van der Waals surface area contributed by atoms with Gasteiger partial charge in [0.2, 0.25) is 0 Å². The fourth-order valence-electron chi connectivity index (χ4n) is 2.29. The number of benzene rings is 1. The Morgan fingerprint density at radius 2 is 1.93 bits per heavy atom. The van der Waals surface area contributed by atoms with Crippen molar-refractivity contribution in [1.29, 1.82) is 0 Å². The van der Waals surface area contributed by atoms with Gasteiger partial charge in [-0.25, -0.2) is 4.79 Å². The first kappa shape index (κ1) is 20.2. The number of aromatic nitrogens is 2. The first-order valence-corrected chi connectivity index (χ1v) is 8.74. The fraction of sp³-hybridized carbons (Fsp3) is 0.368. The van der Waals surface area contributed by atoms with Gasteiger partial charge < -0.3 is 14.8 Å². The Kier molecular flexibility index (Phi) is 8.02. The van der Waals surface area contributed by atoms with Gasteiger partial charge in [-0.3, -0.25) is 14.3 Å². The molecule has 8 nitrogen and oxygen atoms in total. The molecule has 0 saturated heterocycles. The standard InChI is InChI=1S/C19H23N3O5/c1-2-26-18(24)9-6-10-20-17(23)14-27-19(25)16-11-21-22(13-16)12-15-7-4-3-5-8-15/h3-5,7-8,11,13H,2,6,9-10,12,14H2,1H3,(H,20,23). The summed E-state index contributed by atoms with van der Waals surface area (Å²) in [6, 6.07) is 9.72. The molecule has 0 fully saturated rings. The SMILES string of the molecule is CCOC(=O)CCCNC(=O)COC(=O)c1cnn(Cc2ccccc2)c1. The van der Waals surface area contributed by atoms with Gasteiger partial charge in [0.1, 0.15) is 0 Å². The number of esters is 2. The highest BCUT2D eigenvalue weighted by atomic mass is 16.5. The summed E-state index contributed by atoms with van der Waals surface area (Å²) in [4.78, 5) is 34.8. The van der Waals surface area contributed by atoms with E-state index >= 15 is 0 Å². The molecule has 0 atom stereocenters. The van der Waals surface area contributed by atoms with E-state index < -0.39 is 11.9 Å². The van der Waals surface area contributed by atoms with Gasteiger partial charge in [-0.1, -0.05) is 30.3 Å². The Hall–Kier alpha value is -3.16. The van der Waals surface area contributed by atoms with Crippen LogP contribution in [0.25, 0.3) is 0 Å². The van der Waals surface area contributed by atoms with E-state index in [1.807, 2.05) is 30.3 Å². The molecule has 0 aliphatic carbocycles. The molecule has 0 aliphatic rings. The molecule has 1 amide bonds. The molecule has 2 rings (SSSR count). The Balaban J connectivity index is 1.68. The highest BCUT2D eigenvalue weighted by Crippen LogP contribution is 2.05. The van der Waals surface area contributed by atoms with E-state index in [4.69, 9.17) is 9.47 Å². The van der Waals surface area contributed by atoms with Crippen molar-refractivity contribution in [2.45, 2.75) is 26.3 Å². The van der Waals surface area contributed by atoms with Crippen molar-refractivity contribution < 1.29 is 23.9 Å². The minimum absolute atomic E-state index is 0.231. The van der Waals surface area contributed by atoms with Crippen LogP contribution in [0.1, 0.15) is 35.7 Å². The number of hydrogen-bond donors (Lipinski definition) is 1. The van der Waals surface area contributed by atoms with Gasteiger partial charge in [-0.2, -0.15) is 5.10 Å². The molecule has 0 saturated carbocycles. The predicted molar refractivity (Wildman–Crippen MR) is 96.9 cm³/mol. The van der Waals surface area contributed by atoms with Crippen LogP contribution in [0.2, 0.25) is 0 Å². The van der Waals surface area contributed by atoms with Crippen molar-refractivity contribution in [2.75, 3.05) is 19.8 Å². The van der Waals surface area contributed by atoms with E-state index in [2.05, 4.69) is 10.4 Å². The molecule has 0 aliphatic heterocycles. The van der Waals surface area contributed by atoms with Gasteiger partial charge in [0.25, 0.3) is 5.91 Å². The minimum Gasteiger partial charge on any atom is -0.466 e. The molecule has 0 spiro atoms. The third-order valence-electron chi connectivity index (χ3n) is 3.58. The lowest BCUT2D eigenvalue weighted by Crippen LogP contribution is -2.29. The van der Waals surface area contributed by atoms with E-state index in [1.54, 1.807) is 17.8 Å². The lowest BCUT2D eigenvalue weighted by molar-refractivity contribution is -0.143. The van der Waals surface area contributed by atoms with Crippen LogP contribution in [0.3, 0.4) is 0 Å². The summed E-state index contributed by atoms with van der Waals surface area (Å²) in [7, 11) is 0. The van der Waals surface area contributed by atoms with Crippen molar-refractivity contribution >= 4 is 17.8 Å². The summed E-state index contributed by atoms with van der Waals surface area (Å²) in [6.07, 6.45) is 3.67. The smallest absolute Gasteiger partial charge is 0.341 e. The summed E-state index contributed by atoms with van der Waals surface area (Å²) >= 11 is 0. The van der Waals surface area contributed by atoms with E-state index in [0.29, 0.717) is 26.1 Å². The molecule has 1 N–H and O–H groups in total. The Labute approximate surface area is 157 Å². The summed E-state index contributed by atoms with van der Waals surface area (Å²) in [5.74, 6) is -1.34. The van der Waals surface area contributed by atoms with E-state index in [1.165, 1.54) is 6.20 Å². The zero-order valence-electron chi connectivity index (χ0n) is 15.2. The number of nitrogens with zero attached hydrogens (tertiary/aromatic N) is 2. The van der Waals surface area contributed by atoms with Gasteiger partial charge in [0, 0.05) is 19.2 Å². The number of hydrogen-bond acceptors (Lipinski definition) is 6. The molecule has 8 heteroatoms. The number of nitrogens with one attached hydrogen (secondary N) is 1. The van der Waals surface area contributed by atoms with Crippen LogP contribution < -0.4 is 5.32 Å². The topological polar surface area (TPSA) is 99.5 Å². The maximum absolute atomic E-state index is 12.0. The van der Waals surface area contributed by atoms with Crippen LogP contribution in [0.4, 0.5) is 0 Å². The van der Waals surface area contributed by atoms with Crippen molar-refractivity contribution in [2.24, 2.45) is 0 Å². The van der Waals surface area contributed by atoms with Crippen LogP contribution in [0, 0.1) is 0 Å². The zero-order chi connectivity index (χ0) is 19.5. The predicted octanol–water partition coefficient (Wildman–Crippen LogP) is 1.55. The molecular formula is C19H23N3O5. The Morgan fingerprint density at radius 1 is 1.15 bits per heavy atom. The van der Waals surface area contributed by atoms with Gasteiger partial charge >= 0.3 is 11.9 Å². The second-order valence-corrected chi connectivity index (χ2v) is 5.75. The molecule has 1 heterocycles. The molecule has 1 aromatic heterocycles. The van der Waals surface area contributed by atoms with Crippen molar-refractivity contribution in [3.05, 3.63) is 53.9 Å². The average Bonchev–Trinajstić information content (AvgIpc) is 3.13. The fourth-order valence-corrected chi connectivity index (χ4v) is 2.29. The average molecular weight is 373 g/mol. The zero-order valence-corrected chi connectivity index (χ0v) is 15.2. The van der Waals surface area contributed by atoms with Crippen LogP contribution in [0.15, 0.2) is 42.7 Å². The van der Waals surface area contributed by atoms with Gasteiger partial charge in [0.15, 0.2) is 6.61 Å². The molecule has 27 heavy (non-hydrogen) atoms. The lowest BCUT2D eigenvalue weighted by atomic mass is 10.2. The molecule has 1 aromatic carbocycles. The van der Waals surface area contributed by atoms with Gasteiger partial charge in [0.05, 0.1) is 24.9 Å². The molecular weight excluding hydrogens is 350 g/mol. The maximum Gasteiger partial charge on any atom is 0.341 e. The Bertz CT molecular complexity index is 758. The van der Waals surface area contributed by atoms with E-state index in [-0.39, 0.29) is 24.6 Å². The van der Waals surface area contributed by atoms with E-state index in [9.17, 15) is 14.4 Å². The monoisotopic (exact) mass is 373 g/mol. The highest BCUT2D eigenvalue weighted by Gasteiger charge is 2.12. The molecule has 144 valence electrons. The molecule has 2 aromatic rings. The number of amides is 1. The minimum atomic E-state index is -0.615. The quantitative estimate of drug-likeness (QED) is 0.501.